The lowest BCUT2D eigenvalue weighted by atomic mass is 10.1. The van der Waals surface area contributed by atoms with Crippen LogP contribution in [0.2, 0.25) is 0 Å². The van der Waals surface area contributed by atoms with Crippen molar-refractivity contribution in [3.63, 3.8) is 0 Å². The van der Waals surface area contributed by atoms with Crippen LogP contribution in [-0.4, -0.2) is 23.9 Å². The summed E-state index contributed by atoms with van der Waals surface area (Å²) in [6.07, 6.45) is 0. The highest BCUT2D eigenvalue weighted by Gasteiger charge is 2.10. The minimum atomic E-state index is -0.646. The summed E-state index contributed by atoms with van der Waals surface area (Å²) < 4.78 is 4.81. The zero-order valence-corrected chi connectivity index (χ0v) is 9.75. The van der Waals surface area contributed by atoms with Gasteiger partial charge in [-0.05, 0) is 0 Å². The van der Waals surface area contributed by atoms with E-state index in [-0.39, 0.29) is 5.76 Å². The Balaban J connectivity index is 2.31. The summed E-state index contributed by atoms with van der Waals surface area (Å²) in [4.78, 5) is 14.8. The van der Waals surface area contributed by atoms with Gasteiger partial charge in [0.25, 0.3) is 5.91 Å². The highest BCUT2D eigenvalue weighted by atomic mass is 16.5. The first-order valence-electron chi connectivity index (χ1n) is 5.21. The fraction of sp³-hybridized carbons (Fsp3) is 0.0833. The van der Waals surface area contributed by atoms with E-state index in [4.69, 9.17) is 16.0 Å². The molecule has 0 radical (unpaired) electrons. The van der Waals surface area contributed by atoms with Crippen molar-refractivity contribution >= 4 is 11.7 Å². The van der Waals surface area contributed by atoms with Crippen molar-refractivity contribution in [2.75, 3.05) is 7.05 Å². The molecule has 0 spiro atoms. The molecule has 92 valence electrons. The molecule has 0 aliphatic heterocycles. The highest BCUT2D eigenvalue weighted by Crippen LogP contribution is 2.19. The van der Waals surface area contributed by atoms with E-state index >= 15 is 0 Å². The molecule has 1 amide bonds. The lowest BCUT2D eigenvalue weighted by molar-refractivity contribution is 0.0965. The predicted molar refractivity (Wildman–Crippen MR) is 67.1 cm³/mol. The predicted octanol–water partition coefficient (Wildman–Crippen LogP) is 0.776. The van der Waals surface area contributed by atoms with Gasteiger partial charge in [0.1, 0.15) is 11.5 Å². The van der Waals surface area contributed by atoms with E-state index in [1.165, 1.54) is 6.07 Å². The lowest BCUT2D eigenvalue weighted by Crippen LogP contribution is -2.12. The number of rotatable bonds is 3. The first-order chi connectivity index (χ1) is 8.61. The second kappa shape index (κ2) is 4.70. The zero-order valence-electron chi connectivity index (χ0n) is 9.75. The van der Waals surface area contributed by atoms with Gasteiger partial charge in [0, 0.05) is 24.2 Å². The van der Waals surface area contributed by atoms with Crippen molar-refractivity contribution in [1.29, 1.82) is 0 Å². The van der Waals surface area contributed by atoms with E-state index in [2.05, 4.69) is 10.1 Å². The zero-order chi connectivity index (χ0) is 13.1. The highest BCUT2D eigenvalue weighted by molar-refractivity contribution is 5.97. The van der Waals surface area contributed by atoms with Gasteiger partial charge in [0.2, 0.25) is 5.76 Å². The van der Waals surface area contributed by atoms with Gasteiger partial charge in [-0.15, -0.1) is 0 Å². The van der Waals surface area contributed by atoms with Gasteiger partial charge in [0.15, 0.2) is 0 Å². The molecule has 0 saturated heterocycles. The van der Waals surface area contributed by atoms with E-state index in [9.17, 15) is 4.79 Å². The van der Waals surface area contributed by atoms with Gasteiger partial charge in [-0.2, -0.15) is 0 Å². The molecule has 1 heterocycles. The van der Waals surface area contributed by atoms with Crippen LogP contribution >= 0.6 is 0 Å². The van der Waals surface area contributed by atoms with Gasteiger partial charge < -0.3 is 16.0 Å². The van der Waals surface area contributed by atoms with Crippen molar-refractivity contribution in [2.45, 2.75) is 0 Å². The van der Waals surface area contributed by atoms with Crippen molar-refractivity contribution in [3.8, 4) is 11.3 Å². The molecule has 0 aliphatic rings. The van der Waals surface area contributed by atoms with Gasteiger partial charge in [-0.25, -0.2) is 0 Å². The number of aliphatic imine (C=N–C) groups is 1. The molecule has 2 rings (SSSR count). The third-order valence-corrected chi connectivity index (χ3v) is 2.47. The molecule has 0 fully saturated rings. The molecule has 1 aromatic heterocycles. The van der Waals surface area contributed by atoms with Gasteiger partial charge >= 0.3 is 0 Å². The summed E-state index contributed by atoms with van der Waals surface area (Å²) in [5.74, 6) is -0.157. The number of amidine groups is 1. The maximum absolute atomic E-state index is 10.9. The van der Waals surface area contributed by atoms with Gasteiger partial charge in [0.05, 0.1) is 0 Å². The Bertz CT molecular complexity index is 599. The number of nitrogens with zero attached hydrogens (tertiary/aromatic N) is 2. The molecule has 0 unspecified atom stereocenters. The number of hydrogen-bond acceptors (Lipinski definition) is 4. The Hall–Kier alpha value is -2.63. The number of benzene rings is 1. The molecule has 0 saturated carbocycles. The van der Waals surface area contributed by atoms with Gasteiger partial charge in [-0.3, -0.25) is 9.79 Å². The number of primary amides is 1. The normalized spacial score (nSPS) is 11.5. The van der Waals surface area contributed by atoms with Crippen LogP contribution in [-0.2, 0) is 0 Å². The quantitative estimate of drug-likeness (QED) is 0.614. The number of aromatic nitrogens is 1. The molecule has 1 aromatic carbocycles. The molecule has 2 aromatic rings. The number of carbonyl (C=O) groups excluding carboxylic acids is 1. The first kappa shape index (κ1) is 11.8. The van der Waals surface area contributed by atoms with Crippen molar-refractivity contribution in [3.05, 3.63) is 41.7 Å². The van der Waals surface area contributed by atoms with Crippen molar-refractivity contribution in [2.24, 2.45) is 16.5 Å². The van der Waals surface area contributed by atoms with Crippen LogP contribution < -0.4 is 11.5 Å². The van der Waals surface area contributed by atoms with Crippen LogP contribution in [0.25, 0.3) is 11.3 Å². The average molecular weight is 244 g/mol. The molecule has 4 N–H and O–H groups in total. The summed E-state index contributed by atoms with van der Waals surface area (Å²) in [5, 5.41) is 3.77. The number of nitrogens with two attached hydrogens (primary N) is 2. The first-order valence-corrected chi connectivity index (χ1v) is 5.21. The molecule has 0 aliphatic carbocycles. The van der Waals surface area contributed by atoms with Crippen LogP contribution in [0.3, 0.4) is 0 Å². The van der Waals surface area contributed by atoms with Crippen molar-refractivity contribution in [1.82, 2.24) is 5.16 Å². The Labute approximate surface area is 103 Å². The molecule has 0 bridgehead atoms. The molecular weight excluding hydrogens is 232 g/mol. The largest absolute Gasteiger partial charge is 0.384 e. The van der Waals surface area contributed by atoms with Crippen LogP contribution in [0.5, 0.6) is 0 Å². The fourth-order valence-electron chi connectivity index (χ4n) is 1.47. The summed E-state index contributed by atoms with van der Waals surface area (Å²) in [6.45, 7) is 0. The van der Waals surface area contributed by atoms with Crippen LogP contribution in [0.4, 0.5) is 0 Å². The Morgan fingerprint density at radius 1 is 1.28 bits per heavy atom. The van der Waals surface area contributed by atoms with E-state index in [0.29, 0.717) is 11.5 Å². The van der Waals surface area contributed by atoms with Gasteiger partial charge in [-0.1, -0.05) is 29.4 Å². The summed E-state index contributed by atoms with van der Waals surface area (Å²) in [7, 11) is 1.63. The van der Waals surface area contributed by atoms with E-state index < -0.39 is 5.91 Å². The Morgan fingerprint density at radius 2 is 1.94 bits per heavy atom. The number of amides is 1. The standard InChI is InChI=1S/C12H12N4O2/c1-15-11(13)8-4-2-7(3-5-8)9-6-10(12(14)17)18-16-9/h2-6H,1H3,(H2,13,15)(H2,14,17). The van der Waals surface area contributed by atoms with E-state index in [1.54, 1.807) is 7.05 Å². The molecule has 6 nitrogen and oxygen atoms in total. The molecular formula is C12H12N4O2. The third kappa shape index (κ3) is 2.22. The average Bonchev–Trinajstić information content (AvgIpc) is 2.88. The third-order valence-electron chi connectivity index (χ3n) is 2.47. The molecule has 6 heteroatoms. The minimum Gasteiger partial charge on any atom is -0.384 e. The summed E-state index contributed by atoms with van der Waals surface area (Å²) in [6, 6.07) is 8.76. The maximum Gasteiger partial charge on any atom is 0.287 e. The Kier molecular flexibility index (Phi) is 3.09. The number of hydrogen-bond donors (Lipinski definition) is 2. The second-order valence-electron chi connectivity index (χ2n) is 3.63. The SMILES string of the molecule is CN=C(N)c1ccc(-c2cc(C(N)=O)on2)cc1. The van der Waals surface area contributed by atoms with E-state index in [0.717, 1.165) is 11.1 Å². The van der Waals surface area contributed by atoms with E-state index in [1.807, 2.05) is 24.3 Å². The smallest absolute Gasteiger partial charge is 0.287 e. The maximum atomic E-state index is 10.9. The summed E-state index contributed by atoms with van der Waals surface area (Å²) >= 11 is 0. The van der Waals surface area contributed by atoms with Crippen LogP contribution in [0.15, 0.2) is 39.8 Å². The summed E-state index contributed by atoms with van der Waals surface area (Å²) in [5.41, 5.74) is 12.9. The lowest BCUT2D eigenvalue weighted by Gasteiger charge is -2.00. The molecule has 18 heavy (non-hydrogen) atoms. The number of carbonyl (C=O) groups is 1. The van der Waals surface area contributed by atoms with Crippen molar-refractivity contribution < 1.29 is 9.32 Å². The minimum absolute atomic E-state index is 0.0312. The van der Waals surface area contributed by atoms with Crippen LogP contribution in [0.1, 0.15) is 16.1 Å². The van der Waals surface area contributed by atoms with Crippen LogP contribution in [0, 0.1) is 0 Å². The Morgan fingerprint density at radius 3 is 2.44 bits per heavy atom. The monoisotopic (exact) mass is 244 g/mol. The molecule has 0 atom stereocenters. The fourth-order valence-corrected chi connectivity index (χ4v) is 1.47. The second-order valence-corrected chi connectivity index (χ2v) is 3.63. The topological polar surface area (TPSA) is 108 Å².